The van der Waals surface area contributed by atoms with Gasteiger partial charge in [-0.2, -0.15) is 0 Å². The van der Waals surface area contributed by atoms with Crippen LogP contribution in [0, 0.1) is 0 Å². The van der Waals surface area contributed by atoms with E-state index in [-0.39, 0.29) is 13.2 Å². The van der Waals surface area contributed by atoms with Crippen LogP contribution in [0.25, 0.3) is 0 Å². The summed E-state index contributed by atoms with van der Waals surface area (Å²) in [7, 11) is 0. The number of carbonyl (C=O) groups excluding carboxylic acids is 2. The second-order valence-electron chi connectivity index (χ2n) is 3.73. The molecule has 0 radical (unpaired) electrons. The lowest BCUT2D eigenvalue weighted by Gasteiger charge is -2.30. The molecule has 18 heavy (non-hydrogen) atoms. The molecule has 8 heteroatoms. The molecular weight excluding hydrogens is 244 g/mol. The Morgan fingerprint density at radius 1 is 1.50 bits per heavy atom. The van der Waals surface area contributed by atoms with E-state index in [9.17, 15) is 19.8 Å². The molecule has 8 nitrogen and oxygen atoms in total. The molecule has 0 bridgehead atoms. The zero-order valence-electron chi connectivity index (χ0n) is 10.2. The summed E-state index contributed by atoms with van der Waals surface area (Å²) in [5, 5.41) is 30.1. The number of carbonyl (C=O) groups is 2. The summed E-state index contributed by atoms with van der Waals surface area (Å²) in [6.45, 7) is 0.675. The van der Waals surface area contributed by atoms with E-state index >= 15 is 0 Å². The minimum atomic E-state index is -1.52. The number of rotatable bonds is 9. The minimum absolute atomic E-state index is 0.0315. The number of nitrogens with one attached hydrogen (secondary N) is 1. The lowest BCUT2D eigenvalue weighted by Crippen LogP contribution is -2.54. The first kappa shape index (κ1) is 16.9. The summed E-state index contributed by atoms with van der Waals surface area (Å²) in [5.74, 6) is -0.487. The second kappa shape index (κ2) is 8.95. The first-order valence-corrected chi connectivity index (χ1v) is 5.49. The van der Waals surface area contributed by atoms with Crippen molar-refractivity contribution in [3.05, 3.63) is 0 Å². The van der Waals surface area contributed by atoms with Gasteiger partial charge in [0.25, 0.3) is 0 Å². The number of hydrogen-bond donors (Lipinski definition) is 5. The lowest BCUT2D eigenvalue weighted by molar-refractivity contribution is -0.136. The predicted molar refractivity (Wildman–Crippen MR) is 61.6 cm³/mol. The molecule has 0 spiro atoms. The van der Waals surface area contributed by atoms with Crippen LogP contribution in [0.3, 0.4) is 0 Å². The molecule has 0 aliphatic carbocycles. The van der Waals surface area contributed by atoms with Gasteiger partial charge in [-0.1, -0.05) is 0 Å². The molecule has 4 atom stereocenters. The van der Waals surface area contributed by atoms with Gasteiger partial charge in [-0.3, -0.25) is 4.79 Å². The maximum atomic E-state index is 10.9. The first-order chi connectivity index (χ1) is 8.47. The Morgan fingerprint density at radius 3 is 2.50 bits per heavy atom. The van der Waals surface area contributed by atoms with E-state index in [4.69, 9.17) is 15.6 Å². The average Bonchev–Trinajstić information content (AvgIpc) is 2.35. The van der Waals surface area contributed by atoms with Crippen LogP contribution in [0.5, 0.6) is 0 Å². The normalized spacial score (nSPS) is 17.6. The highest BCUT2D eigenvalue weighted by atomic mass is 16.5. The molecule has 106 valence electrons. The van der Waals surface area contributed by atoms with Crippen LogP contribution in [-0.2, 0) is 14.3 Å². The SMILES string of the molecule is CC(=O)N[C@@H](C=O)[C@@H](OCCN)[C@H](O)[C@H](O)CO. The summed E-state index contributed by atoms with van der Waals surface area (Å²) in [6, 6.07) is -1.13. The van der Waals surface area contributed by atoms with Gasteiger partial charge < -0.3 is 35.9 Å². The van der Waals surface area contributed by atoms with E-state index in [1.54, 1.807) is 0 Å². The standard InChI is InChI=1S/C10H20N2O6/c1-6(15)12-7(4-13)10(18-3-2-11)9(17)8(16)5-14/h4,7-10,14,16-17H,2-3,5,11H2,1H3,(H,12,15)/t7-,8+,9+,10+/m0/s1. The number of hydrogen-bond acceptors (Lipinski definition) is 7. The monoisotopic (exact) mass is 264 g/mol. The third kappa shape index (κ3) is 5.52. The average molecular weight is 264 g/mol. The van der Waals surface area contributed by atoms with Crippen LogP contribution in [0.2, 0.25) is 0 Å². The van der Waals surface area contributed by atoms with Crippen LogP contribution in [-0.4, -0.2) is 71.6 Å². The Bertz CT molecular complexity index is 263. The van der Waals surface area contributed by atoms with Crippen LogP contribution < -0.4 is 11.1 Å². The van der Waals surface area contributed by atoms with Gasteiger partial charge in [-0.25, -0.2) is 0 Å². The van der Waals surface area contributed by atoms with Crippen LogP contribution >= 0.6 is 0 Å². The smallest absolute Gasteiger partial charge is 0.217 e. The maximum absolute atomic E-state index is 10.9. The highest BCUT2D eigenvalue weighted by molar-refractivity contribution is 5.77. The van der Waals surface area contributed by atoms with E-state index in [0.29, 0.717) is 6.29 Å². The molecule has 0 aliphatic rings. The predicted octanol–water partition coefficient (Wildman–Crippen LogP) is -3.25. The molecular formula is C10H20N2O6. The van der Waals surface area contributed by atoms with E-state index in [1.807, 2.05) is 0 Å². The van der Waals surface area contributed by atoms with Crippen molar-refractivity contribution in [2.45, 2.75) is 31.3 Å². The number of amides is 1. The molecule has 0 aliphatic heterocycles. The van der Waals surface area contributed by atoms with Crippen LogP contribution in [0.15, 0.2) is 0 Å². The van der Waals surface area contributed by atoms with Crippen molar-refractivity contribution >= 4 is 12.2 Å². The zero-order valence-corrected chi connectivity index (χ0v) is 10.2. The molecule has 0 saturated heterocycles. The number of nitrogens with two attached hydrogens (primary N) is 1. The fourth-order valence-corrected chi connectivity index (χ4v) is 1.37. The van der Waals surface area contributed by atoms with Gasteiger partial charge >= 0.3 is 0 Å². The highest BCUT2D eigenvalue weighted by Gasteiger charge is 2.33. The van der Waals surface area contributed by atoms with Gasteiger partial charge in [-0.15, -0.1) is 0 Å². The molecule has 0 unspecified atom stereocenters. The molecule has 0 heterocycles. The van der Waals surface area contributed by atoms with Crippen molar-refractivity contribution in [1.82, 2.24) is 5.32 Å². The minimum Gasteiger partial charge on any atom is -0.394 e. The van der Waals surface area contributed by atoms with E-state index in [1.165, 1.54) is 6.92 Å². The maximum Gasteiger partial charge on any atom is 0.217 e. The summed E-state index contributed by atoms with van der Waals surface area (Å²) in [4.78, 5) is 21.8. The number of aldehydes is 1. The molecule has 6 N–H and O–H groups in total. The summed E-state index contributed by atoms with van der Waals surface area (Å²) >= 11 is 0. The topological polar surface area (TPSA) is 142 Å². The third-order valence-corrected chi connectivity index (χ3v) is 2.22. The van der Waals surface area contributed by atoms with Gasteiger partial charge in [0.1, 0.15) is 30.6 Å². The molecule has 0 aromatic heterocycles. The Morgan fingerprint density at radius 2 is 2.11 bits per heavy atom. The third-order valence-electron chi connectivity index (χ3n) is 2.22. The Hall–Kier alpha value is -1.06. The van der Waals surface area contributed by atoms with Crippen molar-refractivity contribution in [2.24, 2.45) is 5.73 Å². The molecule has 0 saturated carbocycles. The van der Waals surface area contributed by atoms with E-state index < -0.39 is 36.9 Å². The summed E-state index contributed by atoms with van der Waals surface area (Å²) in [5.41, 5.74) is 5.23. The zero-order chi connectivity index (χ0) is 14.1. The summed E-state index contributed by atoms with van der Waals surface area (Å²) in [6.07, 6.45) is -3.81. The molecule has 0 rings (SSSR count). The molecule has 1 amide bonds. The number of aliphatic hydroxyl groups is 3. The van der Waals surface area contributed by atoms with Crippen molar-refractivity contribution in [2.75, 3.05) is 19.8 Å². The fourth-order valence-electron chi connectivity index (χ4n) is 1.37. The van der Waals surface area contributed by atoms with Gasteiger partial charge in [-0.05, 0) is 0 Å². The fraction of sp³-hybridized carbons (Fsp3) is 0.800. The number of aliphatic hydroxyl groups excluding tert-OH is 3. The summed E-state index contributed by atoms with van der Waals surface area (Å²) < 4.78 is 5.14. The quantitative estimate of drug-likeness (QED) is 0.275. The van der Waals surface area contributed by atoms with Crippen molar-refractivity contribution in [1.29, 1.82) is 0 Å². The Kier molecular flexibility index (Phi) is 8.42. The Labute approximate surface area is 105 Å². The first-order valence-electron chi connectivity index (χ1n) is 5.49. The van der Waals surface area contributed by atoms with Crippen molar-refractivity contribution in [3.8, 4) is 0 Å². The lowest BCUT2D eigenvalue weighted by atomic mass is 10.0. The number of ether oxygens (including phenoxy) is 1. The van der Waals surface area contributed by atoms with Crippen molar-refractivity contribution < 1.29 is 29.6 Å². The van der Waals surface area contributed by atoms with Gasteiger partial charge in [0.2, 0.25) is 5.91 Å². The largest absolute Gasteiger partial charge is 0.394 e. The molecule has 0 aromatic rings. The van der Waals surface area contributed by atoms with Crippen LogP contribution in [0.1, 0.15) is 6.92 Å². The highest BCUT2D eigenvalue weighted by Crippen LogP contribution is 2.08. The van der Waals surface area contributed by atoms with E-state index in [0.717, 1.165) is 0 Å². The van der Waals surface area contributed by atoms with Gasteiger partial charge in [0.05, 0.1) is 13.2 Å². The molecule has 0 aromatic carbocycles. The molecule has 0 fully saturated rings. The van der Waals surface area contributed by atoms with Gasteiger partial charge in [0, 0.05) is 13.5 Å². The van der Waals surface area contributed by atoms with Crippen molar-refractivity contribution in [3.63, 3.8) is 0 Å². The van der Waals surface area contributed by atoms with Gasteiger partial charge in [0.15, 0.2) is 0 Å². The van der Waals surface area contributed by atoms with Crippen LogP contribution in [0.4, 0.5) is 0 Å². The second-order valence-corrected chi connectivity index (χ2v) is 3.73. The van der Waals surface area contributed by atoms with E-state index in [2.05, 4.69) is 5.32 Å². The Balaban J connectivity index is 4.80.